The first-order valence-electron chi connectivity index (χ1n) is 7.58. The second-order valence-corrected chi connectivity index (χ2v) is 5.45. The van der Waals surface area contributed by atoms with Gasteiger partial charge in [-0.15, -0.1) is 0 Å². The summed E-state index contributed by atoms with van der Waals surface area (Å²) in [7, 11) is 1.62. The smallest absolute Gasteiger partial charge is 0.123 e. The van der Waals surface area contributed by atoms with Crippen molar-refractivity contribution in [2.24, 2.45) is 5.92 Å². The summed E-state index contributed by atoms with van der Waals surface area (Å²) in [5.74, 6) is 2.16. The highest BCUT2D eigenvalue weighted by Gasteiger charge is 2.11. The molecule has 116 valence electrons. The van der Waals surface area contributed by atoms with Crippen LogP contribution in [-0.2, 0) is 0 Å². The minimum absolute atomic E-state index is 0.282. The van der Waals surface area contributed by atoms with Gasteiger partial charge in [0.15, 0.2) is 0 Å². The fraction of sp³-hybridized carbons (Fsp3) is 0.529. The minimum Gasteiger partial charge on any atom is -0.497 e. The van der Waals surface area contributed by atoms with E-state index in [0.717, 1.165) is 18.7 Å². The van der Waals surface area contributed by atoms with E-state index in [1.165, 1.54) is 12.8 Å². The van der Waals surface area contributed by atoms with E-state index in [-0.39, 0.29) is 6.61 Å². The van der Waals surface area contributed by atoms with Crippen LogP contribution in [0.1, 0.15) is 19.3 Å². The van der Waals surface area contributed by atoms with Gasteiger partial charge in [0.2, 0.25) is 0 Å². The van der Waals surface area contributed by atoms with Crippen LogP contribution < -0.4 is 14.8 Å². The van der Waals surface area contributed by atoms with E-state index >= 15 is 0 Å². The van der Waals surface area contributed by atoms with Crippen LogP contribution in [0.5, 0.6) is 11.5 Å². The quantitative estimate of drug-likeness (QED) is 0.722. The highest BCUT2D eigenvalue weighted by molar-refractivity contribution is 5.32. The number of aliphatic hydroxyl groups excluding tert-OH is 1. The maximum atomic E-state index is 9.93. The van der Waals surface area contributed by atoms with Crippen molar-refractivity contribution in [1.29, 1.82) is 0 Å². The van der Waals surface area contributed by atoms with Crippen LogP contribution in [0.2, 0.25) is 0 Å². The summed E-state index contributed by atoms with van der Waals surface area (Å²) in [6, 6.07) is 7.41. The number of nitrogens with one attached hydrogen (secondary N) is 1. The maximum Gasteiger partial charge on any atom is 0.123 e. The lowest BCUT2D eigenvalue weighted by Gasteiger charge is -2.19. The maximum absolute atomic E-state index is 9.93. The molecule has 0 bridgehead atoms. The number of aliphatic hydroxyl groups is 1. The Balaban J connectivity index is 1.62. The molecule has 0 spiro atoms. The molecule has 0 saturated heterocycles. The van der Waals surface area contributed by atoms with Gasteiger partial charge in [-0.1, -0.05) is 18.2 Å². The zero-order valence-corrected chi connectivity index (χ0v) is 12.6. The van der Waals surface area contributed by atoms with E-state index in [4.69, 9.17) is 9.47 Å². The molecule has 2 unspecified atom stereocenters. The molecule has 21 heavy (non-hydrogen) atoms. The molecule has 1 aromatic carbocycles. The van der Waals surface area contributed by atoms with Crippen LogP contribution in [0.4, 0.5) is 0 Å². The number of rotatable bonds is 8. The zero-order chi connectivity index (χ0) is 14.9. The predicted octanol–water partition coefficient (Wildman–Crippen LogP) is 2.38. The second kappa shape index (κ2) is 8.70. The highest BCUT2D eigenvalue weighted by atomic mass is 16.5. The lowest BCUT2D eigenvalue weighted by atomic mass is 9.94. The van der Waals surface area contributed by atoms with Gasteiger partial charge in [-0.3, -0.25) is 0 Å². The van der Waals surface area contributed by atoms with Gasteiger partial charge in [-0.2, -0.15) is 0 Å². The summed E-state index contributed by atoms with van der Waals surface area (Å²) < 4.78 is 10.7. The standard InChI is InChI=1S/C17H25NO3/c1-20-16-8-5-9-17(10-16)21-13-15(19)12-18-11-14-6-3-2-4-7-14/h2-3,5,8-10,14-15,18-19H,4,6-7,11-13H2,1H3. The molecule has 0 aliphatic heterocycles. The summed E-state index contributed by atoms with van der Waals surface area (Å²) in [6.07, 6.45) is 7.54. The Bertz CT molecular complexity index is 447. The number of benzene rings is 1. The summed E-state index contributed by atoms with van der Waals surface area (Å²) in [6.45, 7) is 1.80. The van der Waals surface area contributed by atoms with Gasteiger partial charge in [-0.25, -0.2) is 0 Å². The molecule has 0 saturated carbocycles. The summed E-state index contributed by atoms with van der Waals surface area (Å²) >= 11 is 0. The minimum atomic E-state index is -0.504. The molecule has 0 aromatic heterocycles. The van der Waals surface area contributed by atoms with Gasteiger partial charge in [0.25, 0.3) is 0 Å². The third kappa shape index (κ3) is 5.78. The van der Waals surface area contributed by atoms with Crippen LogP contribution in [0.25, 0.3) is 0 Å². The van der Waals surface area contributed by atoms with Gasteiger partial charge < -0.3 is 19.9 Å². The number of hydrogen-bond donors (Lipinski definition) is 2. The molecule has 4 nitrogen and oxygen atoms in total. The molecule has 2 rings (SSSR count). The Kier molecular flexibility index (Phi) is 6.57. The average molecular weight is 291 g/mol. The van der Waals surface area contributed by atoms with E-state index in [1.54, 1.807) is 7.11 Å². The molecular weight excluding hydrogens is 266 g/mol. The van der Waals surface area contributed by atoms with Crippen LogP contribution in [0.3, 0.4) is 0 Å². The predicted molar refractivity (Wildman–Crippen MR) is 83.8 cm³/mol. The van der Waals surface area contributed by atoms with E-state index in [2.05, 4.69) is 17.5 Å². The van der Waals surface area contributed by atoms with Crippen molar-refractivity contribution >= 4 is 0 Å². The van der Waals surface area contributed by atoms with E-state index in [9.17, 15) is 5.11 Å². The molecular formula is C17H25NO3. The molecule has 4 heteroatoms. The van der Waals surface area contributed by atoms with Gasteiger partial charge in [0.05, 0.1) is 7.11 Å². The molecule has 2 atom stereocenters. The van der Waals surface area contributed by atoms with E-state index < -0.39 is 6.10 Å². The van der Waals surface area contributed by atoms with Crippen LogP contribution in [0, 0.1) is 5.92 Å². The van der Waals surface area contributed by atoms with Crippen LogP contribution in [0.15, 0.2) is 36.4 Å². The first kappa shape index (κ1) is 15.9. The van der Waals surface area contributed by atoms with Crippen LogP contribution >= 0.6 is 0 Å². The summed E-state index contributed by atoms with van der Waals surface area (Å²) in [4.78, 5) is 0. The van der Waals surface area contributed by atoms with Crippen molar-refractivity contribution in [2.75, 3.05) is 26.8 Å². The van der Waals surface area contributed by atoms with Crippen molar-refractivity contribution in [3.05, 3.63) is 36.4 Å². The van der Waals surface area contributed by atoms with Crippen LogP contribution in [-0.4, -0.2) is 38.0 Å². The Hall–Kier alpha value is -1.52. The lowest BCUT2D eigenvalue weighted by Crippen LogP contribution is -2.34. The van der Waals surface area contributed by atoms with E-state index in [1.807, 2.05) is 24.3 Å². The lowest BCUT2D eigenvalue weighted by molar-refractivity contribution is 0.105. The van der Waals surface area contributed by atoms with Gasteiger partial charge in [0, 0.05) is 12.6 Å². The third-order valence-electron chi connectivity index (χ3n) is 3.67. The number of ether oxygens (including phenoxy) is 2. The third-order valence-corrected chi connectivity index (χ3v) is 3.67. The van der Waals surface area contributed by atoms with Gasteiger partial charge in [-0.05, 0) is 43.9 Å². The fourth-order valence-corrected chi connectivity index (χ4v) is 2.44. The van der Waals surface area contributed by atoms with E-state index in [0.29, 0.717) is 18.2 Å². The molecule has 2 N–H and O–H groups in total. The summed E-state index contributed by atoms with van der Waals surface area (Å²) in [5, 5.41) is 13.3. The highest BCUT2D eigenvalue weighted by Crippen LogP contribution is 2.19. The molecule has 0 fully saturated rings. The van der Waals surface area contributed by atoms with Crippen molar-refractivity contribution in [2.45, 2.75) is 25.4 Å². The Labute approximate surface area is 126 Å². The molecule has 0 heterocycles. The Morgan fingerprint density at radius 1 is 1.33 bits per heavy atom. The van der Waals surface area contributed by atoms with Crippen molar-refractivity contribution < 1.29 is 14.6 Å². The van der Waals surface area contributed by atoms with Crippen molar-refractivity contribution in [3.8, 4) is 11.5 Å². The van der Waals surface area contributed by atoms with Gasteiger partial charge >= 0.3 is 0 Å². The monoisotopic (exact) mass is 291 g/mol. The largest absolute Gasteiger partial charge is 0.497 e. The van der Waals surface area contributed by atoms with Gasteiger partial charge in [0.1, 0.15) is 24.2 Å². The molecule has 1 aliphatic carbocycles. The molecule has 1 aromatic rings. The van der Waals surface area contributed by atoms with Crippen molar-refractivity contribution in [1.82, 2.24) is 5.32 Å². The average Bonchev–Trinajstić information content (AvgIpc) is 2.54. The first-order valence-corrected chi connectivity index (χ1v) is 7.58. The molecule has 1 aliphatic rings. The first-order chi connectivity index (χ1) is 10.3. The number of hydrogen-bond acceptors (Lipinski definition) is 4. The Morgan fingerprint density at radius 3 is 2.95 bits per heavy atom. The number of allylic oxidation sites excluding steroid dienone is 2. The number of methoxy groups -OCH3 is 1. The fourth-order valence-electron chi connectivity index (χ4n) is 2.44. The van der Waals surface area contributed by atoms with Crippen molar-refractivity contribution in [3.63, 3.8) is 0 Å². The Morgan fingerprint density at radius 2 is 2.19 bits per heavy atom. The SMILES string of the molecule is COc1cccc(OCC(O)CNCC2CC=CCC2)c1. The molecule has 0 amide bonds. The topological polar surface area (TPSA) is 50.7 Å². The normalized spacial score (nSPS) is 19.2. The summed E-state index contributed by atoms with van der Waals surface area (Å²) in [5.41, 5.74) is 0. The molecule has 0 radical (unpaired) electrons. The zero-order valence-electron chi connectivity index (χ0n) is 12.6. The second-order valence-electron chi connectivity index (χ2n) is 5.45.